The molecule has 6 heterocycles. The molecule has 0 N–H and O–H groups in total. The van der Waals surface area contributed by atoms with E-state index in [4.69, 9.17) is 19.7 Å². The molecule has 0 aliphatic carbocycles. The van der Waals surface area contributed by atoms with Crippen LogP contribution in [0.3, 0.4) is 0 Å². The van der Waals surface area contributed by atoms with Gasteiger partial charge in [-0.25, -0.2) is 15.0 Å². The van der Waals surface area contributed by atoms with Crippen LogP contribution in [0.15, 0.2) is 128 Å². The third-order valence-electron chi connectivity index (χ3n) is 11.0. The summed E-state index contributed by atoms with van der Waals surface area (Å²) < 4.78 is 11.2. The third kappa shape index (κ3) is 3.81. The van der Waals surface area contributed by atoms with Crippen molar-refractivity contribution in [2.75, 3.05) is 0 Å². The Morgan fingerprint density at radius 3 is 2.14 bits per heavy atom. The largest absolute Gasteiger partial charge is 0.457 e. The minimum absolute atomic E-state index is 0.157. The number of para-hydroxylation sites is 1. The highest BCUT2D eigenvalue weighted by atomic mass is 16.5. The Morgan fingerprint density at radius 2 is 1.32 bits per heavy atom. The van der Waals surface area contributed by atoms with Gasteiger partial charge in [-0.2, -0.15) is 0 Å². The van der Waals surface area contributed by atoms with E-state index in [1.807, 2.05) is 42.7 Å². The fourth-order valence-electron chi connectivity index (χ4n) is 9.04. The Labute approximate surface area is 289 Å². The monoisotopic (exact) mass is 649 g/mol. The van der Waals surface area contributed by atoms with Gasteiger partial charge in [-0.15, -0.1) is 0 Å². The van der Waals surface area contributed by atoms with Crippen molar-refractivity contribution in [2.45, 2.75) is 33.1 Å². The molecule has 6 heteroatoms. The van der Waals surface area contributed by atoms with Gasteiger partial charge in [0.1, 0.15) is 28.6 Å². The van der Waals surface area contributed by atoms with Crippen LogP contribution in [0.4, 0.5) is 0 Å². The molecule has 0 unspecified atom stereocenters. The molecule has 0 fully saturated rings. The van der Waals surface area contributed by atoms with Crippen LogP contribution in [0, 0.1) is 11.8 Å². The Bertz CT molecular complexity index is 2800. The van der Waals surface area contributed by atoms with Crippen LogP contribution in [-0.4, -0.2) is 23.9 Å². The highest BCUT2D eigenvalue weighted by Gasteiger charge is 2.47. The molecule has 5 aromatic heterocycles. The lowest BCUT2D eigenvalue weighted by molar-refractivity contribution is 0.271. The highest BCUT2D eigenvalue weighted by Crippen LogP contribution is 2.54. The number of hydrogen-bond acceptors (Lipinski definition) is 4. The number of imidazole rings is 1. The molecular formula is C44H35N5O. The molecule has 0 radical (unpaired) electrons. The van der Waals surface area contributed by atoms with Gasteiger partial charge in [-0.1, -0.05) is 82.3 Å². The molecule has 0 saturated carbocycles. The van der Waals surface area contributed by atoms with Gasteiger partial charge in [0.15, 0.2) is 0 Å². The van der Waals surface area contributed by atoms with Crippen molar-refractivity contribution in [2.24, 2.45) is 11.8 Å². The summed E-state index contributed by atoms with van der Waals surface area (Å²) >= 11 is 0. The van der Waals surface area contributed by atoms with Crippen molar-refractivity contribution < 1.29 is 4.74 Å². The van der Waals surface area contributed by atoms with Gasteiger partial charge in [-0.3, -0.25) is 8.97 Å². The Morgan fingerprint density at radius 1 is 0.600 bits per heavy atom. The topological polar surface area (TPSA) is 57.2 Å². The maximum atomic E-state index is 6.71. The summed E-state index contributed by atoms with van der Waals surface area (Å²) in [5.74, 6) is 3.29. The predicted octanol–water partition coefficient (Wildman–Crippen LogP) is 10.9. The van der Waals surface area contributed by atoms with Crippen molar-refractivity contribution in [3.05, 3.63) is 139 Å². The second-order valence-corrected chi connectivity index (χ2v) is 14.1. The maximum Gasteiger partial charge on any atom is 0.147 e. The summed E-state index contributed by atoms with van der Waals surface area (Å²) in [6, 6.07) is 38.3. The number of ether oxygens (including phenoxy) is 1. The van der Waals surface area contributed by atoms with Crippen molar-refractivity contribution in [1.82, 2.24) is 23.9 Å². The normalized spacial score (nSPS) is 13.7. The SMILES string of the molecule is CC(C)C1(C(C)C)c2cccnc2-n2c3cc(Oc4ccc5c6cccnc6n6cc(-c7ccccc7)nc6c5c4)ccc3c3cccc1c32. The van der Waals surface area contributed by atoms with Gasteiger partial charge < -0.3 is 4.74 Å². The van der Waals surface area contributed by atoms with Crippen LogP contribution in [-0.2, 0) is 5.41 Å². The zero-order chi connectivity index (χ0) is 33.7. The molecule has 1 aliphatic rings. The van der Waals surface area contributed by atoms with Crippen molar-refractivity contribution >= 4 is 49.3 Å². The molecule has 1 aliphatic heterocycles. The van der Waals surface area contributed by atoms with E-state index in [1.165, 1.54) is 27.4 Å². The summed E-state index contributed by atoms with van der Waals surface area (Å²) in [4.78, 5) is 14.9. The Kier molecular flexibility index (Phi) is 6.08. The van der Waals surface area contributed by atoms with E-state index in [0.717, 1.165) is 61.5 Å². The third-order valence-corrected chi connectivity index (χ3v) is 11.0. The summed E-state index contributed by atoms with van der Waals surface area (Å²) in [7, 11) is 0. The number of fused-ring (bicyclic) bond motifs is 11. The van der Waals surface area contributed by atoms with E-state index >= 15 is 0 Å². The maximum absolute atomic E-state index is 6.71. The van der Waals surface area contributed by atoms with Gasteiger partial charge in [0.2, 0.25) is 0 Å². The molecule has 0 atom stereocenters. The number of pyridine rings is 3. The number of rotatable bonds is 5. The Balaban J connectivity index is 1.16. The van der Waals surface area contributed by atoms with E-state index < -0.39 is 0 Å². The molecule has 50 heavy (non-hydrogen) atoms. The molecule has 10 rings (SSSR count). The minimum Gasteiger partial charge on any atom is -0.457 e. The lowest BCUT2D eigenvalue weighted by atomic mass is 9.59. The van der Waals surface area contributed by atoms with Crippen molar-refractivity contribution in [3.8, 4) is 28.6 Å². The van der Waals surface area contributed by atoms with Crippen LogP contribution >= 0.6 is 0 Å². The van der Waals surface area contributed by atoms with E-state index in [-0.39, 0.29) is 5.41 Å². The first kappa shape index (κ1) is 29.0. The molecule has 9 aromatic rings. The van der Waals surface area contributed by atoms with Gasteiger partial charge >= 0.3 is 0 Å². The first-order chi connectivity index (χ1) is 24.4. The van der Waals surface area contributed by atoms with E-state index in [1.54, 1.807) is 0 Å². The standard InChI is InChI=1S/C44H35N5O/c1-26(2)44(27(3)4)36-15-8-13-33-32-20-18-30(24-39(32)49(40(33)36)43-37(44)16-10-22-46-43)50-29-17-19-31-34-14-9-21-45-41(34)48-25-38(28-11-6-5-7-12-28)47-42(48)35(31)23-29/h5-27H,1-4H3. The first-order valence-electron chi connectivity index (χ1n) is 17.4. The van der Waals surface area contributed by atoms with Crippen molar-refractivity contribution in [3.63, 3.8) is 0 Å². The molecule has 0 amide bonds. The summed E-state index contributed by atoms with van der Waals surface area (Å²) in [5.41, 5.74) is 8.53. The fourth-order valence-corrected chi connectivity index (χ4v) is 9.04. The highest BCUT2D eigenvalue weighted by molar-refractivity contribution is 6.13. The lowest BCUT2D eigenvalue weighted by Crippen LogP contribution is -2.42. The fraction of sp³-hybridized carbons (Fsp3) is 0.159. The minimum atomic E-state index is -0.157. The second kappa shape index (κ2) is 10.5. The predicted molar refractivity (Wildman–Crippen MR) is 203 cm³/mol. The zero-order valence-electron chi connectivity index (χ0n) is 28.4. The van der Waals surface area contributed by atoms with Gasteiger partial charge in [-0.05, 0) is 71.3 Å². The number of benzene rings is 4. The quantitative estimate of drug-likeness (QED) is 0.174. The average molecular weight is 650 g/mol. The number of aromatic nitrogens is 5. The molecule has 242 valence electrons. The molecule has 0 saturated heterocycles. The van der Waals surface area contributed by atoms with E-state index in [9.17, 15) is 0 Å². The summed E-state index contributed by atoms with van der Waals surface area (Å²) in [5, 5.41) is 5.60. The van der Waals surface area contributed by atoms with Gasteiger partial charge in [0.05, 0.1) is 16.7 Å². The smallest absolute Gasteiger partial charge is 0.147 e. The Hall–Kier alpha value is -6.01. The summed E-state index contributed by atoms with van der Waals surface area (Å²) in [6.07, 6.45) is 5.84. The molecular weight excluding hydrogens is 615 g/mol. The first-order valence-corrected chi connectivity index (χ1v) is 17.4. The van der Waals surface area contributed by atoms with Crippen LogP contribution in [0.5, 0.6) is 11.5 Å². The van der Waals surface area contributed by atoms with E-state index in [2.05, 4.69) is 122 Å². The molecule has 4 aromatic carbocycles. The van der Waals surface area contributed by atoms with Crippen molar-refractivity contribution in [1.29, 1.82) is 0 Å². The average Bonchev–Trinajstić information content (AvgIpc) is 3.74. The van der Waals surface area contributed by atoms with Crippen LogP contribution in [0.1, 0.15) is 38.8 Å². The molecule has 0 spiro atoms. The lowest BCUT2D eigenvalue weighted by Gasteiger charge is -2.46. The van der Waals surface area contributed by atoms with Gasteiger partial charge in [0.25, 0.3) is 0 Å². The van der Waals surface area contributed by atoms with Crippen LogP contribution in [0.25, 0.3) is 66.3 Å². The van der Waals surface area contributed by atoms with Crippen LogP contribution in [0.2, 0.25) is 0 Å². The van der Waals surface area contributed by atoms with Crippen LogP contribution < -0.4 is 4.74 Å². The second-order valence-electron chi connectivity index (χ2n) is 14.1. The molecule has 6 nitrogen and oxygen atoms in total. The molecule has 0 bridgehead atoms. The summed E-state index contributed by atoms with van der Waals surface area (Å²) in [6.45, 7) is 9.40. The number of hydrogen-bond donors (Lipinski definition) is 0. The number of nitrogens with zero attached hydrogens (tertiary/aromatic N) is 5. The zero-order valence-corrected chi connectivity index (χ0v) is 28.4. The van der Waals surface area contributed by atoms with Gasteiger partial charge in [0, 0.05) is 62.7 Å². The van der Waals surface area contributed by atoms with E-state index in [0.29, 0.717) is 11.8 Å².